The lowest BCUT2D eigenvalue weighted by Gasteiger charge is -2.07. The van der Waals surface area contributed by atoms with E-state index < -0.39 is 0 Å². The molecule has 23 heavy (non-hydrogen) atoms. The minimum atomic E-state index is 0.429. The third-order valence-electron chi connectivity index (χ3n) is 3.83. The van der Waals surface area contributed by atoms with Crippen molar-refractivity contribution in [1.82, 2.24) is 4.98 Å². The van der Waals surface area contributed by atoms with Crippen molar-refractivity contribution in [2.24, 2.45) is 0 Å². The van der Waals surface area contributed by atoms with Crippen molar-refractivity contribution in [1.29, 1.82) is 0 Å². The summed E-state index contributed by atoms with van der Waals surface area (Å²) in [6.07, 6.45) is 2.05. The lowest BCUT2D eigenvalue weighted by Crippen LogP contribution is -1.97. The number of hydrogen-bond donors (Lipinski definition) is 1. The molecule has 2 nitrogen and oxygen atoms in total. The van der Waals surface area contributed by atoms with Crippen molar-refractivity contribution >= 4 is 22.7 Å². The fraction of sp³-hybridized carbons (Fsp3) is 0.200. The predicted molar refractivity (Wildman–Crippen MR) is 98.2 cm³/mol. The molecule has 0 atom stereocenters. The lowest BCUT2D eigenvalue weighted by atomic mass is 10.1. The number of thioether (sulfide) groups is 1. The summed E-state index contributed by atoms with van der Waals surface area (Å²) in [5.74, 6) is 7.94. The molecule has 0 spiro atoms. The van der Waals surface area contributed by atoms with Crippen LogP contribution in [0.4, 0.5) is 0 Å². The Labute approximate surface area is 141 Å². The van der Waals surface area contributed by atoms with E-state index in [9.17, 15) is 0 Å². The third kappa shape index (κ3) is 3.72. The van der Waals surface area contributed by atoms with Gasteiger partial charge in [-0.3, -0.25) is 0 Å². The summed E-state index contributed by atoms with van der Waals surface area (Å²) in [5, 5.41) is 1.26. The molecule has 0 aliphatic heterocycles. The van der Waals surface area contributed by atoms with Gasteiger partial charge in [-0.1, -0.05) is 42.2 Å². The minimum absolute atomic E-state index is 0.429. The molecule has 3 rings (SSSR count). The second-order valence-electron chi connectivity index (χ2n) is 5.33. The number of nitrogens with one attached hydrogen (secondary N) is 1. The first-order valence-corrected chi connectivity index (χ1v) is 8.58. The molecule has 1 heterocycles. The Balaban J connectivity index is 1.52. The molecule has 0 saturated heterocycles. The summed E-state index contributed by atoms with van der Waals surface area (Å²) in [7, 11) is 0. The van der Waals surface area contributed by atoms with E-state index in [1.54, 1.807) is 11.8 Å². The van der Waals surface area contributed by atoms with Crippen LogP contribution in [0.5, 0.6) is 5.75 Å². The Hall–Kier alpha value is -2.31. The second-order valence-corrected chi connectivity index (χ2v) is 6.34. The van der Waals surface area contributed by atoms with Gasteiger partial charge in [-0.05, 0) is 37.1 Å². The van der Waals surface area contributed by atoms with Crippen molar-refractivity contribution in [3.63, 3.8) is 0 Å². The SMILES string of the molecule is Cc1cccc(OCC#CCSc2c[nH]c3ccccc23)c1C. The number of aryl methyl sites for hydroxylation is 1. The summed E-state index contributed by atoms with van der Waals surface area (Å²) in [6.45, 7) is 4.59. The first-order chi connectivity index (χ1) is 11.3. The van der Waals surface area contributed by atoms with Crippen LogP contribution in [0.25, 0.3) is 10.9 Å². The molecular formula is C20H19NOS. The van der Waals surface area contributed by atoms with Gasteiger partial charge >= 0.3 is 0 Å². The quantitative estimate of drug-likeness (QED) is 0.543. The van der Waals surface area contributed by atoms with E-state index in [1.165, 1.54) is 26.9 Å². The number of para-hydroxylation sites is 1. The summed E-state index contributed by atoms with van der Waals surface area (Å²) in [4.78, 5) is 4.52. The molecule has 1 aromatic heterocycles. The summed E-state index contributed by atoms with van der Waals surface area (Å²) in [5.41, 5.74) is 3.59. The molecule has 2 aromatic carbocycles. The highest BCUT2D eigenvalue weighted by atomic mass is 32.2. The largest absolute Gasteiger partial charge is 0.481 e. The molecular weight excluding hydrogens is 302 g/mol. The van der Waals surface area contributed by atoms with Gasteiger partial charge in [-0.2, -0.15) is 0 Å². The second kappa shape index (κ2) is 7.30. The number of benzene rings is 2. The van der Waals surface area contributed by atoms with Crippen LogP contribution in [0.2, 0.25) is 0 Å². The highest BCUT2D eigenvalue weighted by Crippen LogP contribution is 2.27. The average molecular weight is 321 g/mol. The van der Waals surface area contributed by atoms with Gasteiger partial charge < -0.3 is 9.72 Å². The molecule has 3 aromatic rings. The number of ether oxygens (including phenoxy) is 1. The maximum absolute atomic E-state index is 5.74. The van der Waals surface area contributed by atoms with Crippen LogP contribution in [0, 0.1) is 25.7 Å². The molecule has 0 radical (unpaired) electrons. The van der Waals surface area contributed by atoms with E-state index in [2.05, 4.69) is 54.9 Å². The molecule has 0 aliphatic carbocycles. The molecule has 0 aliphatic rings. The van der Waals surface area contributed by atoms with E-state index in [1.807, 2.05) is 24.4 Å². The van der Waals surface area contributed by atoms with Crippen LogP contribution in [-0.2, 0) is 0 Å². The van der Waals surface area contributed by atoms with Gasteiger partial charge in [0, 0.05) is 22.0 Å². The average Bonchev–Trinajstić information content (AvgIpc) is 2.98. The Morgan fingerprint density at radius 1 is 1.04 bits per heavy atom. The van der Waals surface area contributed by atoms with Crippen molar-refractivity contribution in [3.8, 4) is 17.6 Å². The van der Waals surface area contributed by atoms with E-state index >= 15 is 0 Å². The van der Waals surface area contributed by atoms with Crippen LogP contribution in [0.3, 0.4) is 0 Å². The van der Waals surface area contributed by atoms with E-state index in [-0.39, 0.29) is 0 Å². The van der Waals surface area contributed by atoms with Gasteiger partial charge in [0.25, 0.3) is 0 Å². The van der Waals surface area contributed by atoms with Gasteiger partial charge in [0.15, 0.2) is 0 Å². The fourth-order valence-corrected chi connectivity index (χ4v) is 3.18. The lowest BCUT2D eigenvalue weighted by molar-refractivity contribution is 0.367. The van der Waals surface area contributed by atoms with Crippen LogP contribution < -0.4 is 4.74 Å². The summed E-state index contributed by atoms with van der Waals surface area (Å²) in [6, 6.07) is 14.4. The molecule has 0 amide bonds. The van der Waals surface area contributed by atoms with Crippen LogP contribution in [0.15, 0.2) is 53.6 Å². The Morgan fingerprint density at radius 3 is 2.83 bits per heavy atom. The van der Waals surface area contributed by atoms with Gasteiger partial charge in [0.2, 0.25) is 0 Å². The van der Waals surface area contributed by atoms with Gasteiger partial charge in [-0.15, -0.1) is 11.8 Å². The zero-order chi connectivity index (χ0) is 16.1. The molecule has 0 unspecified atom stereocenters. The Bertz CT molecular complexity index is 870. The standard InChI is InChI=1S/C20H19NOS/c1-15-8-7-11-19(16(15)2)22-12-5-6-13-23-20-14-21-18-10-4-3-9-17(18)20/h3-4,7-11,14,21H,12-13H2,1-2H3. The maximum Gasteiger partial charge on any atom is 0.149 e. The van der Waals surface area contributed by atoms with Gasteiger partial charge in [0.1, 0.15) is 12.4 Å². The zero-order valence-corrected chi connectivity index (χ0v) is 14.2. The number of hydrogen-bond acceptors (Lipinski definition) is 2. The molecule has 0 saturated carbocycles. The van der Waals surface area contributed by atoms with Crippen LogP contribution in [-0.4, -0.2) is 17.3 Å². The molecule has 116 valence electrons. The number of H-pyrrole nitrogens is 1. The smallest absolute Gasteiger partial charge is 0.149 e. The van der Waals surface area contributed by atoms with E-state index in [0.29, 0.717) is 6.61 Å². The number of rotatable bonds is 4. The van der Waals surface area contributed by atoms with Crippen molar-refractivity contribution in [2.45, 2.75) is 18.7 Å². The minimum Gasteiger partial charge on any atom is -0.481 e. The highest BCUT2D eigenvalue weighted by molar-refractivity contribution is 7.99. The third-order valence-corrected chi connectivity index (χ3v) is 4.77. The Kier molecular flexibility index (Phi) is 4.95. The highest BCUT2D eigenvalue weighted by Gasteiger charge is 2.02. The number of aromatic amines is 1. The maximum atomic E-state index is 5.74. The first kappa shape index (κ1) is 15.6. The van der Waals surface area contributed by atoms with E-state index in [0.717, 1.165) is 11.5 Å². The fourth-order valence-electron chi connectivity index (χ4n) is 2.37. The predicted octanol–water partition coefficient (Wildman–Crippen LogP) is 4.96. The monoisotopic (exact) mass is 321 g/mol. The van der Waals surface area contributed by atoms with Crippen molar-refractivity contribution < 1.29 is 4.74 Å². The molecule has 1 N–H and O–H groups in total. The van der Waals surface area contributed by atoms with Gasteiger partial charge in [0.05, 0.1) is 5.75 Å². The number of aromatic nitrogens is 1. The van der Waals surface area contributed by atoms with Gasteiger partial charge in [-0.25, -0.2) is 0 Å². The summed E-state index contributed by atoms with van der Waals surface area (Å²) < 4.78 is 5.74. The van der Waals surface area contributed by atoms with Crippen LogP contribution in [0.1, 0.15) is 11.1 Å². The zero-order valence-electron chi connectivity index (χ0n) is 13.3. The first-order valence-electron chi connectivity index (χ1n) is 7.59. The topological polar surface area (TPSA) is 25.0 Å². The molecule has 3 heteroatoms. The van der Waals surface area contributed by atoms with Crippen LogP contribution >= 0.6 is 11.8 Å². The summed E-state index contributed by atoms with van der Waals surface area (Å²) >= 11 is 1.75. The van der Waals surface area contributed by atoms with Crippen molar-refractivity contribution in [3.05, 3.63) is 59.8 Å². The van der Waals surface area contributed by atoms with Crippen molar-refractivity contribution in [2.75, 3.05) is 12.4 Å². The van der Waals surface area contributed by atoms with E-state index in [4.69, 9.17) is 4.74 Å². The Morgan fingerprint density at radius 2 is 1.91 bits per heavy atom. The normalized spacial score (nSPS) is 10.3. The molecule has 0 fully saturated rings. The number of fused-ring (bicyclic) bond motifs is 1. The molecule has 0 bridgehead atoms.